The maximum absolute atomic E-state index is 11.8. The van der Waals surface area contributed by atoms with Gasteiger partial charge in [0.15, 0.2) is 0 Å². The van der Waals surface area contributed by atoms with Gasteiger partial charge in [-0.15, -0.1) is 13.2 Å². The van der Waals surface area contributed by atoms with E-state index in [9.17, 15) is 13.2 Å². The fourth-order valence-electron chi connectivity index (χ4n) is 1.11. The van der Waals surface area contributed by atoms with Crippen LogP contribution >= 0.6 is 0 Å². The maximum atomic E-state index is 11.8. The zero-order chi connectivity index (χ0) is 10.9. The summed E-state index contributed by atoms with van der Waals surface area (Å²) >= 11 is 0. The van der Waals surface area contributed by atoms with Crippen LogP contribution in [-0.4, -0.2) is 16.3 Å². The smallest absolute Gasteiger partial charge is 0.371 e. The van der Waals surface area contributed by atoms with E-state index in [1.165, 1.54) is 6.20 Å². The number of hydrogen-bond donors (Lipinski definition) is 0. The molecule has 0 spiro atoms. The van der Waals surface area contributed by atoms with Crippen LogP contribution in [-0.2, 0) is 0 Å². The lowest BCUT2D eigenvalue weighted by Gasteiger charge is -2.06. The zero-order valence-electron chi connectivity index (χ0n) is 7.32. The van der Waals surface area contributed by atoms with E-state index in [1.807, 2.05) is 0 Å². The summed E-state index contributed by atoms with van der Waals surface area (Å²) in [7, 11) is 0. The molecule has 0 radical (unpaired) electrons. The molecule has 0 unspecified atom stereocenters. The highest BCUT2D eigenvalue weighted by Gasteiger charge is 2.32. The number of hydrogen-bond acceptors (Lipinski definition) is 3. The SMILES string of the molecule is FC(F)(F)Oc1ncc2ccccc2n1. The van der Waals surface area contributed by atoms with Crippen molar-refractivity contribution in [2.24, 2.45) is 0 Å². The van der Waals surface area contributed by atoms with Crippen LogP contribution in [0.1, 0.15) is 0 Å². The van der Waals surface area contributed by atoms with Gasteiger partial charge in [0.2, 0.25) is 0 Å². The molecule has 0 aliphatic carbocycles. The van der Waals surface area contributed by atoms with Gasteiger partial charge in [0.05, 0.1) is 5.52 Å². The van der Waals surface area contributed by atoms with Gasteiger partial charge in [0.25, 0.3) is 0 Å². The summed E-state index contributed by atoms with van der Waals surface area (Å²) in [5.41, 5.74) is 0.409. The predicted molar refractivity (Wildman–Crippen MR) is 46.2 cm³/mol. The van der Waals surface area contributed by atoms with Gasteiger partial charge >= 0.3 is 12.4 Å². The summed E-state index contributed by atoms with van der Waals surface area (Å²) in [4.78, 5) is 7.05. The summed E-state index contributed by atoms with van der Waals surface area (Å²) in [5, 5.41) is 0.659. The first kappa shape index (κ1) is 9.70. The standard InChI is InChI=1S/C9H5F3N2O/c10-9(11,12)15-8-13-5-6-3-1-2-4-7(6)14-8/h1-5H. The molecule has 78 valence electrons. The first-order chi connectivity index (χ1) is 7.04. The third kappa shape index (κ3) is 2.34. The van der Waals surface area contributed by atoms with Crippen molar-refractivity contribution >= 4 is 10.9 Å². The number of para-hydroxylation sites is 1. The van der Waals surface area contributed by atoms with Gasteiger partial charge in [-0.3, -0.25) is 0 Å². The number of nitrogens with zero attached hydrogens (tertiary/aromatic N) is 2. The average molecular weight is 214 g/mol. The third-order valence-corrected chi connectivity index (χ3v) is 1.67. The quantitative estimate of drug-likeness (QED) is 0.731. The Labute approximate surface area is 82.5 Å². The van der Waals surface area contributed by atoms with Gasteiger partial charge < -0.3 is 4.74 Å². The predicted octanol–water partition coefficient (Wildman–Crippen LogP) is 2.53. The summed E-state index contributed by atoms with van der Waals surface area (Å²) < 4.78 is 39.1. The molecule has 6 heteroatoms. The maximum Gasteiger partial charge on any atom is 0.575 e. The first-order valence-corrected chi connectivity index (χ1v) is 4.02. The number of fused-ring (bicyclic) bond motifs is 1. The van der Waals surface area contributed by atoms with E-state index >= 15 is 0 Å². The van der Waals surface area contributed by atoms with Crippen LogP contribution in [0.2, 0.25) is 0 Å². The number of rotatable bonds is 1. The highest BCUT2D eigenvalue weighted by molar-refractivity contribution is 5.77. The van der Waals surface area contributed by atoms with E-state index in [-0.39, 0.29) is 0 Å². The Morgan fingerprint density at radius 2 is 1.87 bits per heavy atom. The molecule has 3 nitrogen and oxygen atoms in total. The van der Waals surface area contributed by atoms with Gasteiger partial charge in [-0.05, 0) is 6.07 Å². The Balaban J connectivity index is 2.39. The van der Waals surface area contributed by atoms with Crippen LogP contribution in [0.5, 0.6) is 6.01 Å². The fourth-order valence-corrected chi connectivity index (χ4v) is 1.11. The van der Waals surface area contributed by atoms with E-state index < -0.39 is 12.4 Å². The molecule has 0 atom stereocenters. The van der Waals surface area contributed by atoms with E-state index in [0.29, 0.717) is 10.9 Å². The summed E-state index contributed by atoms with van der Waals surface area (Å²) in [5.74, 6) is 0. The van der Waals surface area contributed by atoms with Crippen LogP contribution in [0, 0.1) is 0 Å². The van der Waals surface area contributed by atoms with Gasteiger partial charge in [-0.1, -0.05) is 18.2 Å². The Kier molecular flexibility index (Phi) is 2.18. The van der Waals surface area contributed by atoms with Crippen molar-refractivity contribution in [2.75, 3.05) is 0 Å². The average Bonchev–Trinajstić information content (AvgIpc) is 2.15. The number of ether oxygens (including phenoxy) is 1. The first-order valence-electron chi connectivity index (χ1n) is 4.02. The molecule has 1 heterocycles. The van der Waals surface area contributed by atoms with Gasteiger partial charge in [-0.25, -0.2) is 4.98 Å². The minimum atomic E-state index is -4.76. The molecule has 0 aliphatic heterocycles. The molecule has 2 aromatic rings. The molecule has 2 rings (SSSR count). The Hall–Kier alpha value is -1.85. The summed E-state index contributed by atoms with van der Waals surface area (Å²) in [6.07, 6.45) is -3.48. The monoisotopic (exact) mass is 214 g/mol. The highest BCUT2D eigenvalue weighted by Crippen LogP contribution is 2.20. The number of halogens is 3. The van der Waals surface area contributed by atoms with E-state index in [0.717, 1.165) is 0 Å². The molecule has 15 heavy (non-hydrogen) atoms. The Bertz CT molecular complexity index is 484. The van der Waals surface area contributed by atoms with Crippen molar-refractivity contribution < 1.29 is 17.9 Å². The normalized spacial score (nSPS) is 11.7. The highest BCUT2D eigenvalue weighted by atomic mass is 19.4. The second-order valence-electron chi connectivity index (χ2n) is 2.76. The van der Waals surface area contributed by atoms with Crippen molar-refractivity contribution in [2.45, 2.75) is 6.36 Å². The lowest BCUT2D eigenvalue weighted by atomic mass is 10.2. The number of aromatic nitrogens is 2. The molecular formula is C9H5F3N2O. The van der Waals surface area contributed by atoms with Gasteiger partial charge in [0.1, 0.15) is 0 Å². The van der Waals surface area contributed by atoms with Crippen molar-refractivity contribution in [1.29, 1.82) is 0 Å². The molecular weight excluding hydrogens is 209 g/mol. The van der Waals surface area contributed by atoms with Crippen molar-refractivity contribution in [3.05, 3.63) is 30.5 Å². The van der Waals surface area contributed by atoms with Crippen molar-refractivity contribution in [1.82, 2.24) is 9.97 Å². The molecule has 0 N–H and O–H groups in total. The number of benzene rings is 1. The minimum absolute atomic E-state index is 0.409. The largest absolute Gasteiger partial charge is 0.575 e. The lowest BCUT2D eigenvalue weighted by molar-refractivity contribution is -0.277. The summed E-state index contributed by atoms with van der Waals surface area (Å²) in [6, 6.07) is 6.01. The molecule has 0 saturated heterocycles. The van der Waals surface area contributed by atoms with Crippen LogP contribution in [0.25, 0.3) is 10.9 Å². The Morgan fingerprint density at radius 1 is 1.13 bits per heavy atom. The molecule has 0 aliphatic rings. The van der Waals surface area contributed by atoms with Gasteiger partial charge in [-0.2, -0.15) is 4.98 Å². The second kappa shape index (κ2) is 3.38. The molecule has 1 aromatic heterocycles. The lowest BCUT2D eigenvalue weighted by Crippen LogP contribution is -2.18. The number of alkyl halides is 3. The van der Waals surface area contributed by atoms with E-state index in [1.54, 1.807) is 24.3 Å². The molecule has 0 amide bonds. The third-order valence-electron chi connectivity index (χ3n) is 1.67. The van der Waals surface area contributed by atoms with E-state index in [4.69, 9.17) is 0 Å². The van der Waals surface area contributed by atoms with Crippen LogP contribution in [0.15, 0.2) is 30.5 Å². The molecule has 0 saturated carbocycles. The molecule has 0 bridgehead atoms. The minimum Gasteiger partial charge on any atom is -0.371 e. The zero-order valence-corrected chi connectivity index (χ0v) is 7.32. The fraction of sp³-hybridized carbons (Fsp3) is 0.111. The van der Waals surface area contributed by atoms with Crippen molar-refractivity contribution in [3.8, 4) is 6.01 Å². The Morgan fingerprint density at radius 3 is 2.60 bits per heavy atom. The van der Waals surface area contributed by atoms with E-state index in [2.05, 4.69) is 14.7 Å². The van der Waals surface area contributed by atoms with Crippen LogP contribution in [0.3, 0.4) is 0 Å². The van der Waals surface area contributed by atoms with Gasteiger partial charge in [0, 0.05) is 11.6 Å². The van der Waals surface area contributed by atoms with Crippen LogP contribution < -0.4 is 4.74 Å². The van der Waals surface area contributed by atoms with Crippen molar-refractivity contribution in [3.63, 3.8) is 0 Å². The van der Waals surface area contributed by atoms with Crippen LogP contribution in [0.4, 0.5) is 13.2 Å². The molecule has 1 aromatic carbocycles. The summed E-state index contributed by atoms with van der Waals surface area (Å²) in [6.45, 7) is 0. The topological polar surface area (TPSA) is 35.0 Å². The second-order valence-corrected chi connectivity index (χ2v) is 2.76. The molecule has 0 fully saturated rings.